The van der Waals surface area contributed by atoms with Crippen LogP contribution in [-0.2, 0) is 34.3 Å². The summed E-state index contributed by atoms with van der Waals surface area (Å²) in [5, 5.41) is 7.46. The lowest BCUT2D eigenvalue weighted by atomic mass is 10.1. The first-order valence-electron chi connectivity index (χ1n) is 10.1. The van der Waals surface area contributed by atoms with Crippen molar-refractivity contribution < 1.29 is 19.1 Å². The van der Waals surface area contributed by atoms with E-state index in [1.54, 1.807) is 21.5 Å². The van der Waals surface area contributed by atoms with Crippen LogP contribution in [0.1, 0.15) is 52.3 Å². The Labute approximate surface area is 171 Å². The molecule has 0 aromatic carbocycles. The van der Waals surface area contributed by atoms with E-state index in [1.807, 2.05) is 34.6 Å². The fourth-order valence-electron chi connectivity index (χ4n) is 3.76. The second-order valence-corrected chi connectivity index (χ2v) is 9.08. The predicted molar refractivity (Wildman–Crippen MR) is 107 cm³/mol. The molecule has 1 N–H and O–H groups in total. The van der Waals surface area contributed by atoms with Gasteiger partial charge in [0.25, 0.3) is 0 Å². The summed E-state index contributed by atoms with van der Waals surface area (Å²) in [5.41, 5.74) is 1.12. The molecular weight excluding hydrogens is 374 g/mol. The van der Waals surface area contributed by atoms with Crippen molar-refractivity contribution >= 4 is 23.7 Å². The molecule has 1 fully saturated rings. The lowest BCUT2D eigenvalue weighted by Crippen LogP contribution is -2.40. The third-order valence-corrected chi connectivity index (χ3v) is 5.24. The smallest absolute Gasteiger partial charge is 0.410 e. The van der Waals surface area contributed by atoms with Gasteiger partial charge >= 0.3 is 6.09 Å². The van der Waals surface area contributed by atoms with Crippen LogP contribution < -0.4 is 5.32 Å². The van der Waals surface area contributed by atoms with E-state index < -0.39 is 5.60 Å². The quantitative estimate of drug-likeness (QED) is 0.829. The molecule has 2 aliphatic rings. The second-order valence-electron chi connectivity index (χ2n) is 9.08. The number of likely N-dealkylation sites (tertiary alicyclic amines) is 1. The van der Waals surface area contributed by atoms with E-state index in [0.29, 0.717) is 31.9 Å². The molecule has 0 saturated carbocycles. The number of fused-ring (bicyclic) bond motifs is 1. The molecule has 3 rings (SSSR count). The zero-order chi connectivity index (χ0) is 21.5. The van der Waals surface area contributed by atoms with E-state index >= 15 is 0 Å². The van der Waals surface area contributed by atoms with Crippen molar-refractivity contribution in [1.82, 2.24) is 19.6 Å². The lowest BCUT2D eigenvalue weighted by molar-refractivity contribution is -0.129. The van der Waals surface area contributed by atoms with Crippen LogP contribution in [0.3, 0.4) is 0 Å². The Kier molecular flexibility index (Phi) is 5.60. The summed E-state index contributed by atoms with van der Waals surface area (Å²) in [6.07, 6.45) is 0.438. The number of amides is 3. The molecule has 1 unspecified atom stereocenters. The van der Waals surface area contributed by atoms with Gasteiger partial charge in [-0.1, -0.05) is 0 Å². The highest BCUT2D eigenvalue weighted by Gasteiger charge is 2.37. The Hall–Kier alpha value is -2.58. The highest BCUT2D eigenvalue weighted by molar-refractivity contribution is 5.97. The molecule has 0 bridgehead atoms. The molecule has 9 nitrogen and oxygen atoms in total. The molecule has 1 aromatic heterocycles. The van der Waals surface area contributed by atoms with Gasteiger partial charge in [-0.3, -0.25) is 14.3 Å². The fraction of sp³-hybridized carbons (Fsp3) is 0.700. The van der Waals surface area contributed by atoms with Crippen molar-refractivity contribution in [2.75, 3.05) is 18.4 Å². The minimum atomic E-state index is -0.569. The van der Waals surface area contributed by atoms with Crippen molar-refractivity contribution in [3.63, 3.8) is 0 Å². The Morgan fingerprint density at radius 3 is 2.55 bits per heavy atom. The number of ether oxygens (including phenoxy) is 1. The number of rotatable bonds is 3. The Balaban J connectivity index is 1.73. The number of nitrogens with one attached hydrogen (secondary N) is 1. The van der Waals surface area contributed by atoms with Gasteiger partial charge in [0.2, 0.25) is 11.8 Å². The van der Waals surface area contributed by atoms with Crippen LogP contribution in [0.15, 0.2) is 0 Å². The van der Waals surface area contributed by atoms with Crippen LogP contribution in [0.4, 0.5) is 10.6 Å². The van der Waals surface area contributed by atoms with Gasteiger partial charge in [0.15, 0.2) is 0 Å². The summed E-state index contributed by atoms with van der Waals surface area (Å²) in [5.74, 6) is -0.000295. The maximum atomic E-state index is 12.8. The van der Waals surface area contributed by atoms with E-state index in [9.17, 15) is 14.4 Å². The minimum Gasteiger partial charge on any atom is -0.444 e. The van der Waals surface area contributed by atoms with Crippen molar-refractivity contribution in [2.24, 2.45) is 13.0 Å². The number of carbonyl (C=O) groups is 3. The summed E-state index contributed by atoms with van der Waals surface area (Å²) in [6, 6.07) is 0.0761. The second kappa shape index (κ2) is 7.68. The first-order valence-corrected chi connectivity index (χ1v) is 10.1. The van der Waals surface area contributed by atoms with Crippen LogP contribution in [-0.4, -0.2) is 62.2 Å². The van der Waals surface area contributed by atoms with Crippen molar-refractivity contribution in [1.29, 1.82) is 0 Å². The van der Waals surface area contributed by atoms with Gasteiger partial charge < -0.3 is 19.9 Å². The maximum absolute atomic E-state index is 12.8. The fourth-order valence-corrected chi connectivity index (χ4v) is 3.76. The largest absolute Gasteiger partial charge is 0.444 e. The SMILES string of the molecule is CC(C)N1CC(C(=O)Nc2c3c(nn2C)CCN(C(=O)OC(C)(C)C)C3)CC1=O. The van der Waals surface area contributed by atoms with Gasteiger partial charge in [-0.15, -0.1) is 0 Å². The highest BCUT2D eigenvalue weighted by Crippen LogP contribution is 2.28. The molecule has 0 spiro atoms. The number of aromatic nitrogens is 2. The van der Waals surface area contributed by atoms with Crippen molar-refractivity contribution in [3.8, 4) is 0 Å². The number of hydrogen-bond donors (Lipinski definition) is 1. The molecule has 9 heteroatoms. The number of nitrogens with zero attached hydrogens (tertiary/aromatic N) is 4. The van der Waals surface area contributed by atoms with Crippen molar-refractivity contribution in [2.45, 2.75) is 65.6 Å². The standard InChI is InChI=1S/C20H31N5O4/c1-12(2)25-10-13(9-16(25)26)18(27)21-17-14-11-24(19(28)29-20(3,4)5)8-7-15(14)22-23(17)6/h12-13H,7-11H2,1-6H3,(H,21,27). The first kappa shape index (κ1) is 21.1. The molecular formula is C20H31N5O4. The topological polar surface area (TPSA) is 96.8 Å². The van der Waals surface area contributed by atoms with Gasteiger partial charge in [-0.2, -0.15) is 5.10 Å². The maximum Gasteiger partial charge on any atom is 0.410 e. The minimum absolute atomic E-state index is 0.00304. The molecule has 3 heterocycles. The van der Waals surface area contributed by atoms with Crippen molar-refractivity contribution in [3.05, 3.63) is 11.3 Å². The molecule has 29 heavy (non-hydrogen) atoms. The van der Waals surface area contributed by atoms with Gasteiger partial charge in [-0.05, 0) is 34.6 Å². The summed E-state index contributed by atoms with van der Waals surface area (Å²) >= 11 is 0. The van der Waals surface area contributed by atoms with E-state index in [2.05, 4.69) is 10.4 Å². The summed E-state index contributed by atoms with van der Waals surface area (Å²) in [7, 11) is 1.77. The average Bonchev–Trinajstić information content (AvgIpc) is 3.13. The first-order chi connectivity index (χ1) is 13.5. The summed E-state index contributed by atoms with van der Waals surface area (Å²) in [4.78, 5) is 40.8. The average molecular weight is 405 g/mol. The molecule has 160 valence electrons. The Bertz CT molecular complexity index is 824. The van der Waals surface area contributed by atoms with Crippen LogP contribution in [0, 0.1) is 5.92 Å². The lowest BCUT2D eigenvalue weighted by Gasteiger charge is -2.30. The van der Waals surface area contributed by atoms with Crippen LogP contribution in [0.25, 0.3) is 0 Å². The van der Waals surface area contributed by atoms with Gasteiger partial charge in [0.05, 0.1) is 18.2 Å². The van der Waals surface area contributed by atoms with E-state index in [1.165, 1.54) is 0 Å². The molecule has 0 aliphatic carbocycles. The Morgan fingerprint density at radius 2 is 1.97 bits per heavy atom. The van der Waals surface area contributed by atoms with Gasteiger partial charge in [0, 0.05) is 44.6 Å². The van der Waals surface area contributed by atoms with Gasteiger partial charge in [-0.25, -0.2) is 4.79 Å². The molecule has 1 atom stereocenters. The van der Waals surface area contributed by atoms with Gasteiger partial charge in [0.1, 0.15) is 11.4 Å². The molecule has 1 aromatic rings. The molecule has 0 radical (unpaired) electrons. The third kappa shape index (κ3) is 4.54. The monoisotopic (exact) mass is 405 g/mol. The number of carbonyl (C=O) groups excluding carboxylic acids is 3. The predicted octanol–water partition coefficient (Wildman–Crippen LogP) is 1.91. The highest BCUT2D eigenvalue weighted by atomic mass is 16.6. The molecule has 1 saturated heterocycles. The zero-order valence-electron chi connectivity index (χ0n) is 18.1. The molecule has 2 aliphatic heterocycles. The van der Waals surface area contributed by atoms with Crippen LogP contribution in [0.5, 0.6) is 0 Å². The number of anilines is 1. The van der Waals surface area contributed by atoms with E-state index in [4.69, 9.17) is 4.74 Å². The number of hydrogen-bond acceptors (Lipinski definition) is 5. The zero-order valence-corrected chi connectivity index (χ0v) is 18.1. The van der Waals surface area contributed by atoms with E-state index in [-0.39, 0.29) is 36.3 Å². The summed E-state index contributed by atoms with van der Waals surface area (Å²) in [6.45, 7) is 10.7. The normalized spacial score (nSPS) is 19.6. The van der Waals surface area contributed by atoms with Crippen LogP contribution >= 0.6 is 0 Å². The van der Waals surface area contributed by atoms with E-state index in [0.717, 1.165) is 11.3 Å². The third-order valence-electron chi connectivity index (χ3n) is 5.24. The number of aryl methyl sites for hydroxylation is 1. The Morgan fingerprint density at radius 1 is 1.28 bits per heavy atom. The van der Waals surface area contributed by atoms with Crippen LogP contribution in [0.2, 0.25) is 0 Å². The molecule has 3 amide bonds. The summed E-state index contributed by atoms with van der Waals surface area (Å²) < 4.78 is 7.11.